The van der Waals surface area contributed by atoms with Gasteiger partial charge in [-0.2, -0.15) is 4.99 Å². The van der Waals surface area contributed by atoms with Crippen LogP contribution in [-0.4, -0.2) is 43.2 Å². The topological polar surface area (TPSA) is 62.1 Å². The molecule has 146 valence electrons. The first-order valence-corrected chi connectivity index (χ1v) is 9.97. The first kappa shape index (κ1) is 19.7. The number of aromatic nitrogens is 1. The molecule has 0 spiro atoms. The molecule has 2 atom stereocenters. The fourth-order valence-electron chi connectivity index (χ4n) is 4.22. The summed E-state index contributed by atoms with van der Waals surface area (Å²) in [5.41, 5.74) is -0.252. The van der Waals surface area contributed by atoms with Crippen LogP contribution in [0.1, 0.15) is 44.2 Å². The summed E-state index contributed by atoms with van der Waals surface area (Å²) >= 11 is 1.54. The molecule has 1 aliphatic carbocycles. The van der Waals surface area contributed by atoms with E-state index >= 15 is 0 Å². The van der Waals surface area contributed by atoms with E-state index in [4.69, 9.17) is 14.2 Å². The Morgan fingerprint density at radius 1 is 1.31 bits per heavy atom. The van der Waals surface area contributed by atoms with Gasteiger partial charge < -0.3 is 18.8 Å². The number of amides is 1. The molecule has 1 saturated heterocycles. The van der Waals surface area contributed by atoms with Crippen molar-refractivity contribution < 1.29 is 19.0 Å². The van der Waals surface area contributed by atoms with Crippen molar-refractivity contribution in [2.45, 2.75) is 59.6 Å². The van der Waals surface area contributed by atoms with Crippen molar-refractivity contribution in [3.05, 3.63) is 15.4 Å². The number of methoxy groups -OCH3 is 1. The summed E-state index contributed by atoms with van der Waals surface area (Å²) in [4.78, 5) is 19.9. The zero-order valence-electron chi connectivity index (χ0n) is 16.7. The minimum absolute atomic E-state index is 0.0953. The number of hydrogen-bond donors (Lipinski definition) is 0. The summed E-state index contributed by atoms with van der Waals surface area (Å²) in [6.45, 7) is 12.5. The monoisotopic (exact) mass is 382 g/mol. The lowest BCUT2D eigenvalue weighted by Crippen LogP contribution is -2.53. The SMILES string of the molecule is COCCn1c(C)c(C)sc1=NC(=O)[C@]12CC[C@](C)(COCO1)C2(C)C. The van der Waals surface area contributed by atoms with Gasteiger partial charge in [0.1, 0.15) is 6.79 Å². The molecule has 1 aromatic heterocycles. The molecule has 7 heteroatoms. The van der Waals surface area contributed by atoms with E-state index < -0.39 is 5.60 Å². The summed E-state index contributed by atoms with van der Waals surface area (Å²) in [7, 11) is 1.68. The number of ether oxygens (including phenoxy) is 3. The highest BCUT2D eigenvalue weighted by Crippen LogP contribution is 2.61. The number of carbonyl (C=O) groups is 1. The largest absolute Gasteiger partial charge is 0.383 e. The zero-order valence-corrected chi connectivity index (χ0v) is 17.5. The first-order chi connectivity index (χ1) is 12.2. The van der Waals surface area contributed by atoms with Crippen molar-refractivity contribution in [1.29, 1.82) is 0 Å². The molecule has 3 rings (SSSR count). The molecule has 2 aliphatic rings. The smallest absolute Gasteiger partial charge is 0.281 e. The molecule has 2 bridgehead atoms. The van der Waals surface area contributed by atoms with Gasteiger partial charge in [0.05, 0.1) is 13.2 Å². The molecule has 0 unspecified atom stereocenters. The standard InChI is InChI=1S/C19H30N2O4S/c1-13-14(2)26-16(21(13)9-10-23-6)20-15(22)19-8-7-18(5,17(19,3)4)11-24-12-25-19/h7-12H2,1-6H3/t18-,19+/m1/s1. The molecule has 1 amide bonds. The van der Waals surface area contributed by atoms with E-state index in [1.54, 1.807) is 18.4 Å². The third-order valence-corrected chi connectivity index (χ3v) is 7.90. The van der Waals surface area contributed by atoms with Crippen LogP contribution in [0, 0.1) is 24.7 Å². The first-order valence-electron chi connectivity index (χ1n) is 9.15. The van der Waals surface area contributed by atoms with E-state index in [0.29, 0.717) is 26.2 Å². The van der Waals surface area contributed by atoms with Crippen LogP contribution in [0.15, 0.2) is 4.99 Å². The lowest BCUT2D eigenvalue weighted by Gasteiger charge is -2.43. The Morgan fingerprint density at radius 3 is 2.73 bits per heavy atom. The van der Waals surface area contributed by atoms with E-state index in [1.807, 2.05) is 0 Å². The van der Waals surface area contributed by atoms with E-state index in [2.05, 4.69) is 44.2 Å². The summed E-state index contributed by atoms with van der Waals surface area (Å²) < 4.78 is 19.0. The molecule has 2 fully saturated rings. The molecule has 2 heterocycles. The van der Waals surface area contributed by atoms with Crippen molar-refractivity contribution >= 4 is 17.2 Å². The van der Waals surface area contributed by atoms with Crippen molar-refractivity contribution in [3.63, 3.8) is 0 Å². The minimum atomic E-state index is -0.927. The van der Waals surface area contributed by atoms with E-state index in [-0.39, 0.29) is 23.5 Å². The molecular formula is C19H30N2O4S. The van der Waals surface area contributed by atoms with Crippen molar-refractivity contribution in [2.24, 2.45) is 15.8 Å². The molecule has 0 N–H and O–H groups in total. The second kappa shape index (κ2) is 6.86. The number of thiazole rings is 1. The number of aryl methyl sites for hydroxylation is 1. The highest BCUT2D eigenvalue weighted by Gasteiger charge is 2.66. The Kier molecular flexibility index (Phi) is 5.20. The van der Waals surface area contributed by atoms with Crippen LogP contribution < -0.4 is 4.80 Å². The Labute approximate surface area is 159 Å². The lowest BCUT2D eigenvalue weighted by molar-refractivity contribution is -0.174. The molecular weight excluding hydrogens is 352 g/mol. The molecule has 1 saturated carbocycles. The predicted molar refractivity (Wildman–Crippen MR) is 100.0 cm³/mol. The third-order valence-electron chi connectivity index (χ3n) is 6.81. The van der Waals surface area contributed by atoms with E-state index in [0.717, 1.165) is 21.8 Å². The average molecular weight is 383 g/mol. The van der Waals surface area contributed by atoms with Crippen LogP contribution >= 0.6 is 11.3 Å². The number of hydrogen-bond acceptors (Lipinski definition) is 5. The van der Waals surface area contributed by atoms with Crippen LogP contribution in [0.2, 0.25) is 0 Å². The Balaban J connectivity index is 2.05. The van der Waals surface area contributed by atoms with Gasteiger partial charge in [-0.15, -0.1) is 11.3 Å². The second-order valence-corrected chi connectivity index (χ2v) is 9.39. The van der Waals surface area contributed by atoms with Gasteiger partial charge in [0.25, 0.3) is 5.91 Å². The summed E-state index contributed by atoms with van der Waals surface area (Å²) in [6, 6.07) is 0. The highest BCUT2D eigenvalue weighted by atomic mass is 32.1. The molecule has 0 aromatic carbocycles. The van der Waals surface area contributed by atoms with Crippen LogP contribution in [-0.2, 0) is 25.5 Å². The fraction of sp³-hybridized carbons (Fsp3) is 0.789. The molecule has 1 aliphatic heterocycles. The van der Waals surface area contributed by atoms with Crippen molar-refractivity contribution in [1.82, 2.24) is 4.57 Å². The molecule has 6 nitrogen and oxygen atoms in total. The van der Waals surface area contributed by atoms with Crippen LogP contribution in [0.5, 0.6) is 0 Å². The third kappa shape index (κ3) is 2.80. The Morgan fingerprint density at radius 2 is 2.04 bits per heavy atom. The lowest BCUT2D eigenvalue weighted by atomic mass is 9.64. The minimum Gasteiger partial charge on any atom is -0.383 e. The average Bonchev–Trinajstić information content (AvgIpc) is 2.90. The van der Waals surface area contributed by atoms with E-state index in [1.165, 1.54) is 0 Å². The van der Waals surface area contributed by atoms with Crippen LogP contribution in [0.3, 0.4) is 0 Å². The van der Waals surface area contributed by atoms with Gasteiger partial charge in [0.2, 0.25) is 0 Å². The van der Waals surface area contributed by atoms with Gasteiger partial charge in [-0.3, -0.25) is 4.79 Å². The normalized spacial score (nSPS) is 31.2. The van der Waals surface area contributed by atoms with Gasteiger partial charge in [-0.05, 0) is 32.1 Å². The van der Waals surface area contributed by atoms with Crippen LogP contribution in [0.4, 0.5) is 0 Å². The number of fused-ring (bicyclic) bond motifs is 2. The Hall–Kier alpha value is -1.02. The maximum absolute atomic E-state index is 13.4. The van der Waals surface area contributed by atoms with Gasteiger partial charge in [-0.25, -0.2) is 0 Å². The quantitative estimate of drug-likeness (QED) is 0.803. The number of carbonyl (C=O) groups excluding carboxylic acids is 1. The molecule has 0 radical (unpaired) electrons. The zero-order chi connectivity index (χ0) is 19.2. The van der Waals surface area contributed by atoms with Crippen molar-refractivity contribution in [2.75, 3.05) is 27.1 Å². The summed E-state index contributed by atoms with van der Waals surface area (Å²) in [6.07, 6.45) is 1.58. The summed E-state index contributed by atoms with van der Waals surface area (Å²) in [5, 5.41) is 0. The second-order valence-electron chi connectivity index (χ2n) is 8.21. The maximum Gasteiger partial charge on any atom is 0.281 e. The number of nitrogens with zero attached hydrogens (tertiary/aromatic N) is 2. The molecule has 26 heavy (non-hydrogen) atoms. The maximum atomic E-state index is 13.4. The van der Waals surface area contributed by atoms with Gasteiger partial charge in [0.15, 0.2) is 10.4 Å². The van der Waals surface area contributed by atoms with Crippen molar-refractivity contribution in [3.8, 4) is 0 Å². The predicted octanol–water partition coefficient (Wildman–Crippen LogP) is 2.81. The number of rotatable bonds is 4. The van der Waals surface area contributed by atoms with Gasteiger partial charge in [0, 0.05) is 29.6 Å². The van der Waals surface area contributed by atoms with E-state index in [9.17, 15) is 4.79 Å². The Bertz CT molecular complexity index is 762. The fourth-order valence-corrected chi connectivity index (χ4v) is 5.22. The summed E-state index contributed by atoms with van der Waals surface area (Å²) in [5.74, 6) is -0.191. The van der Waals surface area contributed by atoms with Gasteiger partial charge >= 0.3 is 0 Å². The van der Waals surface area contributed by atoms with Crippen LogP contribution in [0.25, 0.3) is 0 Å². The highest BCUT2D eigenvalue weighted by molar-refractivity contribution is 7.09. The van der Waals surface area contributed by atoms with Gasteiger partial charge in [-0.1, -0.05) is 20.8 Å². The molecule has 1 aromatic rings.